The summed E-state index contributed by atoms with van der Waals surface area (Å²) in [4.78, 5) is 4.17. The zero-order valence-electron chi connectivity index (χ0n) is 13.6. The number of benzene rings is 2. The molecule has 0 amide bonds. The average molecular weight is 371 g/mol. The lowest BCUT2D eigenvalue weighted by atomic mass is 10.2. The Kier molecular flexibility index (Phi) is 5.70. The first-order chi connectivity index (χ1) is 12.6. The van der Waals surface area contributed by atoms with Gasteiger partial charge in [0.05, 0.1) is 5.69 Å². The molecule has 0 spiro atoms. The number of para-hydroxylation sites is 1. The van der Waals surface area contributed by atoms with E-state index in [4.69, 9.17) is 17.0 Å². The molecule has 0 bridgehead atoms. The summed E-state index contributed by atoms with van der Waals surface area (Å²) in [6.07, 6.45) is 1.58. The van der Waals surface area contributed by atoms with Gasteiger partial charge in [0.2, 0.25) is 5.88 Å². The van der Waals surface area contributed by atoms with E-state index in [1.165, 1.54) is 18.2 Å². The summed E-state index contributed by atoms with van der Waals surface area (Å²) >= 11 is 5.19. The summed E-state index contributed by atoms with van der Waals surface area (Å²) in [6, 6.07) is 15.6. The first-order valence-electron chi connectivity index (χ1n) is 7.78. The first-order valence-corrected chi connectivity index (χ1v) is 8.19. The van der Waals surface area contributed by atoms with Crippen molar-refractivity contribution in [1.29, 1.82) is 0 Å². The molecule has 2 N–H and O–H groups in total. The van der Waals surface area contributed by atoms with Crippen LogP contribution in [-0.2, 0) is 6.54 Å². The average Bonchev–Trinajstić information content (AvgIpc) is 2.63. The van der Waals surface area contributed by atoms with E-state index in [2.05, 4.69) is 15.6 Å². The number of thiocarbonyl (C=S) groups is 1. The van der Waals surface area contributed by atoms with Crippen LogP contribution in [0.25, 0.3) is 0 Å². The van der Waals surface area contributed by atoms with Gasteiger partial charge < -0.3 is 15.4 Å². The molecule has 3 rings (SSSR count). The fourth-order valence-electron chi connectivity index (χ4n) is 2.20. The van der Waals surface area contributed by atoms with E-state index in [0.717, 1.165) is 5.56 Å². The van der Waals surface area contributed by atoms with Crippen molar-refractivity contribution in [2.45, 2.75) is 6.54 Å². The summed E-state index contributed by atoms with van der Waals surface area (Å²) < 4.78 is 32.6. The van der Waals surface area contributed by atoms with Gasteiger partial charge in [-0.3, -0.25) is 0 Å². The molecule has 132 valence electrons. The summed E-state index contributed by atoms with van der Waals surface area (Å²) in [6.45, 7) is 0.304. The topological polar surface area (TPSA) is 46.2 Å². The SMILES string of the molecule is Fc1cccc(Oc2ncccc2CNC(=S)Nc2ccccc2F)c1. The molecule has 2 aromatic carbocycles. The molecule has 0 radical (unpaired) electrons. The van der Waals surface area contributed by atoms with Crippen LogP contribution in [0.3, 0.4) is 0 Å². The number of hydrogen-bond acceptors (Lipinski definition) is 3. The Morgan fingerprint density at radius 1 is 1.04 bits per heavy atom. The maximum Gasteiger partial charge on any atom is 0.224 e. The Hall–Kier alpha value is -3.06. The molecule has 0 fully saturated rings. The Morgan fingerprint density at radius 2 is 1.88 bits per heavy atom. The second-order valence-electron chi connectivity index (χ2n) is 5.31. The van der Waals surface area contributed by atoms with E-state index in [1.807, 2.05) is 0 Å². The Balaban J connectivity index is 1.65. The molecule has 0 aliphatic rings. The zero-order chi connectivity index (χ0) is 18.4. The highest BCUT2D eigenvalue weighted by Crippen LogP contribution is 2.23. The fourth-order valence-corrected chi connectivity index (χ4v) is 2.38. The lowest BCUT2D eigenvalue weighted by molar-refractivity contribution is 0.451. The maximum atomic E-state index is 13.6. The summed E-state index contributed by atoms with van der Waals surface area (Å²) in [7, 11) is 0. The molecule has 0 aliphatic heterocycles. The van der Waals surface area contributed by atoms with Gasteiger partial charge in [0.25, 0.3) is 0 Å². The van der Waals surface area contributed by atoms with Crippen LogP contribution in [0.2, 0.25) is 0 Å². The molecule has 0 unspecified atom stereocenters. The van der Waals surface area contributed by atoms with Crippen LogP contribution in [0.4, 0.5) is 14.5 Å². The van der Waals surface area contributed by atoms with Crippen LogP contribution in [-0.4, -0.2) is 10.1 Å². The maximum absolute atomic E-state index is 13.6. The first kappa shape index (κ1) is 17.8. The monoisotopic (exact) mass is 371 g/mol. The van der Waals surface area contributed by atoms with Gasteiger partial charge in [0.1, 0.15) is 17.4 Å². The summed E-state index contributed by atoms with van der Waals surface area (Å²) in [5.41, 5.74) is 1.00. The number of nitrogens with one attached hydrogen (secondary N) is 2. The van der Waals surface area contributed by atoms with Crippen molar-refractivity contribution in [3.8, 4) is 11.6 Å². The molecule has 3 aromatic rings. The molecule has 0 aliphatic carbocycles. The van der Waals surface area contributed by atoms with Crippen LogP contribution in [0.5, 0.6) is 11.6 Å². The van der Waals surface area contributed by atoms with E-state index in [-0.39, 0.29) is 10.8 Å². The van der Waals surface area contributed by atoms with Gasteiger partial charge >= 0.3 is 0 Å². The Labute approximate surface area is 154 Å². The molecule has 4 nitrogen and oxygen atoms in total. The van der Waals surface area contributed by atoms with E-state index in [0.29, 0.717) is 18.2 Å². The lowest BCUT2D eigenvalue weighted by Gasteiger charge is -2.13. The zero-order valence-corrected chi connectivity index (χ0v) is 14.4. The molecular weight excluding hydrogens is 356 g/mol. The summed E-state index contributed by atoms with van der Waals surface area (Å²) in [5.74, 6) is -0.113. The minimum atomic E-state index is -0.395. The van der Waals surface area contributed by atoms with Gasteiger partial charge in [-0.25, -0.2) is 13.8 Å². The molecule has 26 heavy (non-hydrogen) atoms. The van der Waals surface area contributed by atoms with Gasteiger partial charge in [0.15, 0.2) is 5.11 Å². The van der Waals surface area contributed by atoms with Crippen molar-refractivity contribution in [2.75, 3.05) is 5.32 Å². The molecule has 7 heteroatoms. The van der Waals surface area contributed by atoms with E-state index in [1.54, 1.807) is 48.7 Å². The summed E-state index contributed by atoms with van der Waals surface area (Å²) in [5, 5.41) is 6.02. The van der Waals surface area contributed by atoms with Crippen molar-refractivity contribution in [2.24, 2.45) is 0 Å². The largest absolute Gasteiger partial charge is 0.439 e. The van der Waals surface area contributed by atoms with E-state index >= 15 is 0 Å². The van der Waals surface area contributed by atoms with Gasteiger partial charge in [-0.15, -0.1) is 0 Å². The fraction of sp³-hybridized carbons (Fsp3) is 0.0526. The number of ether oxygens (including phenoxy) is 1. The standard InChI is InChI=1S/C19H15F2N3OS/c20-14-6-3-7-15(11-14)25-18-13(5-4-10-22-18)12-23-19(26)24-17-9-2-1-8-16(17)21/h1-11H,12H2,(H2,23,24,26). The van der Waals surface area contributed by atoms with Crippen LogP contribution < -0.4 is 15.4 Å². The third-order valence-electron chi connectivity index (χ3n) is 3.42. The molecule has 1 aromatic heterocycles. The number of nitrogens with zero attached hydrogens (tertiary/aromatic N) is 1. The minimum Gasteiger partial charge on any atom is -0.439 e. The van der Waals surface area contributed by atoms with E-state index < -0.39 is 11.6 Å². The normalized spacial score (nSPS) is 10.2. The van der Waals surface area contributed by atoms with Crippen LogP contribution in [0, 0.1) is 11.6 Å². The third-order valence-corrected chi connectivity index (χ3v) is 3.67. The Bertz CT molecular complexity index is 921. The number of anilines is 1. The second-order valence-corrected chi connectivity index (χ2v) is 5.72. The van der Waals surface area contributed by atoms with Gasteiger partial charge in [0, 0.05) is 24.4 Å². The molecular formula is C19H15F2N3OS. The van der Waals surface area contributed by atoms with Crippen molar-refractivity contribution < 1.29 is 13.5 Å². The third kappa shape index (κ3) is 4.73. The van der Waals surface area contributed by atoms with Gasteiger partial charge in [-0.1, -0.05) is 24.3 Å². The van der Waals surface area contributed by atoms with Crippen molar-refractivity contribution in [1.82, 2.24) is 10.3 Å². The highest BCUT2D eigenvalue weighted by atomic mass is 32.1. The highest BCUT2D eigenvalue weighted by molar-refractivity contribution is 7.80. The highest BCUT2D eigenvalue weighted by Gasteiger charge is 2.08. The van der Waals surface area contributed by atoms with Crippen molar-refractivity contribution in [3.05, 3.63) is 84.1 Å². The number of rotatable bonds is 5. The second kappa shape index (κ2) is 8.35. The minimum absolute atomic E-state index is 0.260. The van der Waals surface area contributed by atoms with Crippen LogP contribution in [0.1, 0.15) is 5.56 Å². The van der Waals surface area contributed by atoms with Gasteiger partial charge in [-0.2, -0.15) is 0 Å². The molecule has 1 heterocycles. The van der Waals surface area contributed by atoms with E-state index in [9.17, 15) is 8.78 Å². The number of pyridine rings is 1. The molecule has 0 atom stereocenters. The predicted molar refractivity (Wildman–Crippen MR) is 100 cm³/mol. The molecule has 0 saturated heterocycles. The number of hydrogen-bond donors (Lipinski definition) is 2. The predicted octanol–water partition coefficient (Wildman–Crippen LogP) is 4.64. The Morgan fingerprint density at radius 3 is 2.69 bits per heavy atom. The van der Waals surface area contributed by atoms with Gasteiger partial charge in [-0.05, 0) is 42.5 Å². The van der Waals surface area contributed by atoms with Crippen molar-refractivity contribution in [3.63, 3.8) is 0 Å². The smallest absolute Gasteiger partial charge is 0.224 e. The number of aromatic nitrogens is 1. The molecule has 0 saturated carbocycles. The van der Waals surface area contributed by atoms with Crippen LogP contribution >= 0.6 is 12.2 Å². The lowest BCUT2D eigenvalue weighted by Crippen LogP contribution is -2.28. The number of halogens is 2. The van der Waals surface area contributed by atoms with Crippen LogP contribution in [0.15, 0.2) is 66.9 Å². The van der Waals surface area contributed by atoms with Crippen molar-refractivity contribution >= 4 is 23.0 Å². The quantitative estimate of drug-likeness (QED) is 0.640.